The second kappa shape index (κ2) is 8.82. The molecule has 0 aliphatic rings. The second-order valence-electron chi connectivity index (χ2n) is 6.51. The average Bonchev–Trinajstić information content (AvgIpc) is 2.69. The summed E-state index contributed by atoms with van der Waals surface area (Å²) >= 11 is 0. The Hall–Kier alpha value is -3.66. The Balaban J connectivity index is 1.98. The van der Waals surface area contributed by atoms with E-state index in [0.29, 0.717) is 22.6 Å². The third-order valence-electron chi connectivity index (χ3n) is 4.20. The number of carbonyl (C=O) groups is 2. The molecule has 0 aromatic heterocycles. The van der Waals surface area contributed by atoms with Gasteiger partial charge in [0, 0.05) is 24.3 Å². The molecule has 0 bridgehead atoms. The number of nitrogens with one attached hydrogen (secondary N) is 2. The van der Waals surface area contributed by atoms with E-state index < -0.39 is 0 Å². The van der Waals surface area contributed by atoms with Crippen molar-refractivity contribution in [3.63, 3.8) is 0 Å². The van der Waals surface area contributed by atoms with Gasteiger partial charge < -0.3 is 10.6 Å². The molecule has 0 unspecified atom stereocenters. The van der Waals surface area contributed by atoms with Crippen LogP contribution >= 0.6 is 0 Å². The van der Waals surface area contributed by atoms with E-state index in [4.69, 9.17) is 0 Å². The van der Waals surface area contributed by atoms with Crippen LogP contribution in [-0.4, -0.2) is 11.7 Å². The van der Waals surface area contributed by atoms with E-state index in [0.717, 1.165) is 11.1 Å². The van der Waals surface area contributed by atoms with E-state index >= 15 is 0 Å². The molecule has 2 N–H and O–H groups in total. The van der Waals surface area contributed by atoms with E-state index in [-0.39, 0.29) is 11.7 Å². The molecule has 0 aliphatic carbocycles. The summed E-state index contributed by atoms with van der Waals surface area (Å²) in [5.41, 5.74) is 4.62. The first-order valence-electron chi connectivity index (χ1n) is 9.04. The fourth-order valence-corrected chi connectivity index (χ4v) is 2.78. The summed E-state index contributed by atoms with van der Waals surface area (Å²) in [7, 11) is 0. The lowest BCUT2D eigenvalue weighted by Gasteiger charge is -2.15. The highest BCUT2D eigenvalue weighted by atomic mass is 16.1. The number of carbonyl (C=O) groups excluding carboxylic acids is 2. The lowest BCUT2D eigenvalue weighted by molar-refractivity contribution is -0.114. The molecule has 0 atom stereocenters. The minimum atomic E-state index is -0.157. The van der Waals surface area contributed by atoms with E-state index in [9.17, 15) is 9.59 Å². The number of para-hydroxylation sites is 2. The van der Waals surface area contributed by atoms with Gasteiger partial charge >= 0.3 is 0 Å². The summed E-state index contributed by atoms with van der Waals surface area (Å²) in [5, 5.41) is 6.11. The summed E-state index contributed by atoms with van der Waals surface area (Å²) < 4.78 is 0. The topological polar surface area (TPSA) is 58.2 Å². The van der Waals surface area contributed by atoms with Gasteiger partial charge in [0.05, 0.1) is 11.4 Å². The second-order valence-corrected chi connectivity index (χ2v) is 6.51. The molecule has 0 heterocycles. The Morgan fingerprint density at radius 2 is 1.29 bits per heavy atom. The first-order valence-corrected chi connectivity index (χ1v) is 9.04. The number of allylic oxidation sites excluding steroid dienone is 1. The molecular weight excluding hydrogens is 348 g/mol. The van der Waals surface area contributed by atoms with Gasteiger partial charge in [-0.05, 0) is 24.6 Å². The molecule has 0 spiro atoms. The third kappa shape index (κ3) is 4.95. The van der Waals surface area contributed by atoms with Crippen molar-refractivity contribution in [1.82, 2.24) is 0 Å². The van der Waals surface area contributed by atoms with Gasteiger partial charge in [-0.1, -0.05) is 72.3 Å². The van der Waals surface area contributed by atoms with Crippen LogP contribution in [0.1, 0.15) is 28.4 Å². The van der Waals surface area contributed by atoms with Crippen molar-refractivity contribution in [3.05, 3.63) is 102 Å². The lowest BCUT2D eigenvalue weighted by Crippen LogP contribution is -2.10. The maximum absolute atomic E-state index is 12.8. The van der Waals surface area contributed by atoms with Crippen molar-refractivity contribution in [2.75, 3.05) is 10.6 Å². The minimum Gasteiger partial charge on any atom is -0.353 e. The fourth-order valence-electron chi connectivity index (χ4n) is 2.78. The Morgan fingerprint density at radius 3 is 1.89 bits per heavy atom. The first kappa shape index (κ1) is 19.1. The highest BCUT2D eigenvalue weighted by molar-refractivity contribution is 6.10. The summed E-state index contributed by atoms with van der Waals surface area (Å²) in [5.74, 6) is -0.251. The van der Waals surface area contributed by atoms with Gasteiger partial charge in [-0.2, -0.15) is 0 Å². The number of anilines is 2. The Bertz CT molecular complexity index is 1010. The van der Waals surface area contributed by atoms with Gasteiger partial charge in [-0.15, -0.1) is 0 Å². The van der Waals surface area contributed by atoms with Gasteiger partial charge in [0.2, 0.25) is 5.91 Å². The fraction of sp³-hybridized carbons (Fsp3) is 0.0833. The zero-order chi connectivity index (χ0) is 19.9. The number of hydrogen-bond acceptors (Lipinski definition) is 3. The largest absolute Gasteiger partial charge is 0.353 e. The van der Waals surface area contributed by atoms with Gasteiger partial charge in [-0.3, -0.25) is 9.59 Å². The number of benzene rings is 3. The molecule has 0 saturated carbocycles. The molecule has 1 amide bonds. The quantitative estimate of drug-likeness (QED) is 0.458. The Kier molecular flexibility index (Phi) is 6.02. The Labute approximate surface area is 164 Å². The van der Waals surface area contributed by atoms with Crippen LogP contribution in [0.15, 0.2) is 84.9 Å². The number of amides is 1. The summed E-state index contributed by atoms with van der Waals surface area (Å²) in [6.07, 6.45) is 1.59. The predicted octanol–water partition coefficient (Wildman–Crippen LogP) is 5.29. The van der Waals surface area contributed by atoms with Crippen LogP contribution in [0.3, 0.4) is 0 Å². The average molecular weight is 370 g/mol. The molecule has 0 radical (unpaired) electrons. The number of hydrogen-bond donors (Lipinski definition) is 2. The van der Waals surface area contributed by atoms with Crippen LogP contribution in [0.4, 0.5) is 11.4 Å². The number of aryl methyl sites for hydroxylation is 1. The predicted molar refractivity (Wildman–Crippen MR) is 114 cm³/mol. The lowest BCUT2D eigenvalue weighted by atomic mass is 10.0. The zero-order valence-corrected chi connectivity index (χ0v) is 15.9. The summed E-state index contributed by atoms with van der Waals surface area (Å²) in [6, 6.07) is 24.5. The molecule has 0 aliphatic heterocycles. The van der Waals surface area contributed by atoms with Gasteiger partial charge in [0.25, 0.3) is 0 Å². The van der Waals surface area contributed by atoms with Gasteiger partial charge in [0.15, 0.2) is 5.78 Å². The van der Waals surface area contributed by atoms with E-state index in [1.54, 1.807) is 6.08 Å². The standard InChI is InChI=1S/C24H22N2O2/c1-17-12-14-20(15-13-17)24(28)16-23(19-8-4-3-5-9-19)26-22-11-7-6-10-21(22)25-18(2)27/h3-16,26H,1-2H3,(H,25,27). The maximum atomic E-state index is 12.8. The van der Waals surface area contributed by atoms with E-state index in [1.807, 2.05) is 85.8 Å². The third-order valence-corrected chi connectivity index (χ3v) is 4.20. The molecule has 4 heteroatoms. The van der Waals surface area contributed by atoms with Crippen LogP contribution in [0.5, 0.6) is 0 Å². The molecular formula is C24H22N2O2. The number of rotatable bonds is 6. The van der Waals surface area contributed by atoms with Crippen LogP contribution in [0.25, 0.3) is 5.70 Å². The van der Waals surface area contributed by atoms with Crippen molar-refractivity contribution in [2.24, 2.45) is 0 Å². The number of ketones is 1. The summed E-state index contributed by atoms with van der Waals surface area (Å²) in [6.45, 7) is 3.45. The first-order chi connectivity index (χ1) is 13.5. The SMILES string of the molecule is CC(=O)Nc1ccccc1NC(=CC(=O)c1ccc(C)cc1)c1ccccc1. The van der Waals surface area contributed by atoms with Crippen molar-refractivity contribution < 1.29 is 9.59 Å². The zero-order valence-electron chi connectivity index (χ0n) is 15.9. The smallest absolute Gasteiger partial charge is 0.221 e. The van der Waals surface area contributed by atoms with Gasteiger partial charge in [0.1, 0.15) is 0 Å². The highest BCUT2D eigenvalue weighted by Crippen LogP contribution is 2.26. The van der Waals surface area contributed by atoms with Crippen LogP contribution in [-0.2, 0) is 4.79 Å². The molecule has 3 aromatic rings. The maximum Gasteiger partial charge on any atom is 0.221 e. The monoisotopic (exact) mass is 370 g/mol. The highest BCUT2D eigenvalue weighted by Gasteiger charge is 2.10. The summed E-state index contributed by atoms with van der Waals surface area (Å²) in [4.78, 5) is 24.3. The normalized spacial score (nSPS) is 11.0. The van der Waals surface area contributed by atoms with E-state index in [2.05, 4.69) is 10.6 Å². The minimum absolute atomic E-state index is 0.0941. The Morgan fingerprint density at radius 1 is 0.714 bits per heavy atom. The van der Waals surface area contributed by atoms with Crippen molar-refractivity contribution >= 4 is 28.8 Å². The van der Waals surface area contributed by atoms with Crippen molar-refractivity contribution in [3.8, 4) is 0 Å². The molecule has 3 rings (SSSR count). The van der Waals surface area contributed by atoms with Crippen LogP contribution in [0, 0.1) is 6.92 Å². The molecule has 0 fully saturated rings. The molecule has 3 aromatic carbocycles. The molecule has 140 valence electrons. The molecule has 4 nitrogen and oxygen atoms in total. The van der Waals surface area contributed by atoms with E-state index in [1.165, 1.54) is 6.92 Å². The van der Waals surface area contributed by atoms with Gasteiger partial charge in [-0.25, -0.2) is 0 Å². The van der Waals surface area contributed by atoms with Crippen LogP contribution in [0.2, 0.25) is 0 Å². The molecule has 0 saturated heterocycles. The van der Waals surface area contributed by atoms with Crippen molar-refractivity contribution in [1.29, 1.82) is 0 Å². The molecule has 28 heavy (non-hydrogen) atoms. The van der Waals surface area contributed by atoms with Crippen molar-refractivity contribution in [2.45, 2.75) is 13.8 Å². The van der Waals surface area contributed by atoms with Crippen LogP contribution < -0.4 is 10.6 Å².